The van der Waals surface area contributed by atoms with E-state index in [-0.39, 0.29) is 5.70 Å². The van der Waals surface area contributed by atoms with Crippen LogP contribution in [0, 0.1) is 0 Å². The standard InChI is InChI=1S/C20H14ClN3O2/c21-14-8-10-16(11-9-14)24-19(25)18(22-20(24)26)13-17-7-4-12-23(17)15-5-2-1-3-6-15/h1-13H,(H,22,26)/b18-13+. The van der Waals surface area contributed by atoms with E-state index in [0.29, 0.717) is 10.7 Å². The lowest BCUT2D eigenvalue weighted by molar-refractivity contribution is -0.113. The molecule has 0 radical (unpaired) electrons. The molecule has 0 spiro atoms. The highest BCUT2D eigenvalue weighted by atomic mass is 35.5. The van der Waals surface area contributed by atoms with Crippen LogP contribution in [0.15, 0.2) is 78.6 Å². The first-order chi connectivity index (χ1) is 12.6. The number of rotatable bonds is 3. The fraction of sp³-hybridized carbons (Fsp3) is 0. The van der Waals surface area contributed by atoms with Gasteiger partial charge in [0.15, 0.2) is 0 Å². The molecule has 0 atom stereocenters. The maximum absolute atomic E-state index is 12.7. The van der Waals surface area contributed by atoms with Crippen LogP contribution in [-0.4, -0.2) is 16.5 Å². The van der Waals surface area contributed by atoms with Crippen LogP contribution in [0.4, 0.5) is 10.5 Å². The summed E-state index contributed by atoms with van der Waals surface area (Å²) in [6.45, 7) is 0. The fourth-order valence-electron chi connectivity index (χ4n) is 2.84. The molecule has 2 aromatic carbocycles. The van der Waals surface area contributed by atoms with Gasteiger partial charge in [0.1, 0.15) is 5.70 Å². The third-order valence-electron chi connectivity index (χ3n) is 4.07. The van der Waals surface area contributed by atoms with Crippen molar-refractivity contribution in [3.8, 4) is 5.69 Å². The highest BCUT2D eigenvalue weighted by Crippen LogP contribution is 2.24. The molecule has 1 N–H and O–H groups in total. The molecular formula is C20H14ClN3O2. The van der Waals surface area contributed by atoms with Gasteiger partial charge in [-0.2, -0.15) is 0 Å². The van der Waals surface area contributed by atoms with E-state index in [1.54, 1.807) is 30.3 Å². The Bertz CT molecular complexity index is 1010. The van der Waals surface area contributed by atoms with Gasteiger partial charge in [-0.1, -0.05) is 29.8 Å². The summed E-state index contributed by atoms with van der Waals surface area (Å²) in [6.07, 6.45) is 3.57. The quantitative estimate of drug-likeness (QED) is 0.559. The number of imide groups is 1. The second kappa shape index (κ2) is 6.54. The highest BCUT2D eigenvalue weighted by molar-refractivity contribution is 6.31. The summed E-state index contributed by atoms with van der Waals surface area (Å²) >= 11 is 5.87. The Hall–Kier alpha value is -3.31. The van der Waals surface area contributed by atoms with Gasteiger partial charge in [0.2, 0.25) is 0 Å². The molecule has 3 aromatic rings. The van der Waals surface area contributed by atoms with Gasteiger partial charge in [-0.3, -0.25) is 4.79 Å². The van der Waals surface area contributed by atoms with Crippen LogP contribution in [0.2, 0.25) is 5.02 Å². The molecule has 2 heterocycles. The molecule has 0 unspecified atom stereocenters. The molecule has 1 aromatic heterocycles. The zero-order valence-corrected chi connectivity index (χ0v) is 14.4. The van der Waals surface area contributed by atoms with Gasteiger partial charge in [0, 0.05) is 22.6 Å². The minimum Gasteiger partial charge on any atom is -0.317 e. The van der Waals surface area contributed by atoms with Crippen molar-refractivity contribution in [3.05, 3.63) is 89.3 Å². The molecule has 0 bridgehead atoms. The molecule has 0 aliphatic carbocycles. The second-order valence-electron chi connectivity index (χ2n) is 5.74. The number of carbonyl (C=O) groups is 2. The molecular weight excluding hydrogens is 350 g/mol. The van der Waals surface area contributed by atoms with Crippen molar-refractivity contribution in [1.82, 2.24) is 9.88 Å². The maximum Gasteiger partial charge on any atom is 0.333 e. The number of benzene rings is 2. The summed E-state index contributed by atoms with van der Waals surface area (Å²) in [4.78, 5) is 26.1. The van der Waals surface area contributed by atoms with Gasteiger partial charge in [0.05, 0.1) is 5.69 Å². The molecule has 1 aliphatic rings. The van der Waals surface area contributed by atoms with Crippen molar-refractivity contribution >= 4 is 35.3 Å². The molecule has 5 nitrogen and oxygen atoms in total. The Balaban J connectivity index is 1.68. The van der Waals surface area contributed by atoms with E-state index < -0.39 is 11.9 Å². The lowest BCUT2D eigenvalue weighted by Gasteiger charge is -2.11. The predicted molar refractivity (Wildman–Crippen MR) is 101 cm³/mol. The Morgan fingerprint density at radius 2 is 1.58 bits per heavy atom. The van der Waals surface area contributed by atoms with Gasteiger partial charge < -0.3 is 9.88 Å². The molecule has 26 heavy (non-hydrogen) atoms. The van der Waals surface area contributed by atoms with Crippen LogP contribution >= 0.6 is 11.6 Å². The summed E-state index contributed by atoms with van der Waals surface area (Å²) in [5.41, 5.74) is 2.45. The first kappa shape index (κ1) is 16.2. The van der Waals surface area contributed by atoms with E-state index in [1.165, 1.54) is 0 Å². The molecule has 128 valence electrons. The summed E-state index contributed by atoms with van der Waals surface area (Å²) < 4.78 is 1.94. The van der Waals surface area contributed by atoms with Crippen LogP contribution in [-0.2, 0) is 4.79 Å². The minimum absolute atomic E-state index is 0.223. The molecule has 1 fully saturated rings. The van der Waals surface area contributed by atoms with Crippen molar-refractivity contribution in [1.29, 1.82) is 0 Å². The summed E-state index contributed by atoms with van der Waals surface area (Å²) in [6, 6.07) is 19.6. The zero-order valence-electron chi connectivity index (χ0n) is 13.6. The zero-order chi connectivity index (χ0) is 18.1. The van der Waals surface area contributed by atoms with Gasteiger partial charge in [-0.25, -0.2) is 9.69 Å². The lowest BCUT2D eigenvalue weighted by atomic mass is 10.2. The fourth-order valence-corrected chi connectivity index (χ4v) is 2.97. The molecule has 1 saturated heterocycles. The average molecular weight is 364 g/mol. The van der Waals surface area contributed by atoms with Crippen LogP contribution in [0.5, 0.6) is 0 Å². The van der Waals surface area contributed by atoms with Crippen molar-refractivity contribution in [2.75, 3.05) is 4.90 Å². The van der Waals surface area contributed by atoms with Crippen LogP contribution in [0.3, 0.4) is 0 Å². The highest BCUT2D eigenvalue weighted by Gasteiger charge is 2.34. The summed E-state index contributed by atoms with van der Waals surface area (Å²) in [5.74, 6) is -0.405. The third kappa shape index (κ3) is 2.89. The molecule has 3 amide bonds. The third-order valence-corrected chi connectivity index (χ3v) is 4.32. The topological polar surface area (TPSA) is 54.3 Å². The van der Waals surface area contributed by atoms with Gasteiger partial charge in [-0.05, 0) is 54.6 Å². The van der Waals surface area contributed by atoms with Crippen molar-refractivity contribution in [3.63, 3.8) is 0 Å². The number of para-hydroxylation sites is 1. The number of amides is 3. The van der Waals surface area contributed by atoms with E-state index in [1.807, 2.05) is 53.2 Å². The van der Waals surface area contributed by atoms with E-state index in [0.717, 1.165) is 16.3 Å². The minimum atomic E-state index is -0.485. The number of urea groups is 1. The number of carbonyl (C=O) groups excluding carboxylic acids is 2. The molecule has 0 saturated carbocycles. The summed E-state index contributed by atoms with van der Waals surface area (Å²) in [5, 5.41) is 3.18. The van der Waals surface area contributed by atoms with E-state index >= 15 is 0 Å². The average Bonchev–Trinajstić information content (AvgIpc) is 3.22. The van der Waals surface area contributed by atoms with Crippen LogP contribution < -0.4 is 10.2 Å². The maximum atomic E-state index is 12.7. The van der Waals surface area contributed by atoms with Gasteiger partial charge >= 0.3 is 6.03 Å². The molecule has 4 rings (SSSR count). The monoisotopic (exact) mass is 363 g/mol. The predicted octanol–water partition coefficient (Wildman–Crippen LogP) is 4.23. The number of halogens is 1. The van der Waals surface area contributed by atoms with E-state index in [2.05, 4.69) is 5.32 Å². The van der Waals surface area contributed by atoms with E-state index in [4.69, 9.17) is 11.6 Å². The second-order valence-corrected chi connectivity index (χ2v) is 6.18. The number of anilines is 1. The molecule has 1 aliphatic heterocycles. The van der Waals surface area contributed by atoms with Crippen molar-refractivity contribution in [2.24, 2.45) is 0 Å². The Morgan fingerprint density at radius 1 is 0.846 bits per heavy atom. The Kier molecular flexibility index (Phi) is 4.07. The van der Waals surface area contributed by atoms with Gasteiger partial charge in [-0.15, -0.1) is 0 Å². The largest absolute Gasteiger partial charge is 0.333 e. The smallest absolute Gasteiger partial charge is 0.317 e. The lowest BCUT2D eigenvalue weighted by Crippen LogP contribution is -2.30. The van der Waals surface area contributed by atoms with Crippen molar-refractivity contribution in [2.45, 2.75) is 0 Å². The SMILES string of the molecule is O=C1N/C(=C/c2cccn2-c2ccccc2)C(=O)N1c1ccc(Cl)cc1. The van der Waals surface area contributed by atoms with Gasteiger partial charge in [0.25, 0.3) is 5.91 Å². The normalized spacial score (nSPS) is 15.6. The number of aromatic nitrogens is 1. The first-order valence-corrected chi connectivity index (χ1v) is 8.37. The van der Waals surface area contributed by atoms with Crippen molar-refractivity contribution < 1.29 is 9.59 Å². The number of nitrogens with one attached hydrogen (secondary N) is 1. The molecule has 6 heteroatoms. The first-order valence-electron chi connectivity index (χ1n) is 7.99. The number of nitrogens with zero attached hydrogens (tertiary/aromatic N) is 2. The van der Waals surface area contributed by atoms with Crippen LogP contribution in [0.25, 0.3) is 11.8 Å². The Labute approximate surface area is 155 Å². The number of hydrogen-bond donors (Lipinski definition) is 1. The number of hydrogen-bond acceptors (Lipinski definition) is 2. The summed E-state index contributed by atoms with van der Waals surface area (Å²) in [7, 11) is 0. The Morgan fingerprint density at radius 3 is 2.31 bits per heavy atom. The van der Waals surface area contributed by atoms with Crippen LogP contribution in [0.1, 0.15) is 5.69 Å². The van der Waals surface area contributed by atoms with E-state index in [9.17, 15) is 9.59 Å².